The fourth-order valence-corrected chi connectivity index (χ4v) is 2.65. The lowest BCUT2D eigenvalue weighted by Gasteiger charge is -2.34. The molecular weight excluding hydrogens is 300 g/mol. The maximum atomic E-state index is 12.5. The van der Waals surface area contributed by atoms with Crippen molar-refractivity contribution in [1.29, 1.82) is 0 Å². The molecule has 0 spiro atoms. The molecule has 1 saturated heterocycles. The van der Waals surface area contributed by atoms with Crippen molar-refractivity contribution in [3.63, 3.8) is 0 Å². The molecule has 22 heavy (non-hydrogen) atoms. The second-order valence-electron chi connectivity index (χ2n) is 6.77. The van der Waals surface area contributed by atoms with Crippen molar-refractivity contribution < 1.29 is 9.59 Å². The molecule has 0 atom stereocenters. The van der Waals surface area contributed by atoms with E-state index in [2.05, 4.69) is 5.32 Å². The third-order valence-corrected chi connectivity index (χ3v) is 4.23. The largest absolute Gasteiger partial charge is 0.353 e. The van der Waals surface area contributed by atoms with Crippen LogP contribution in [-0.4, -0.2) is 35.8 Å². The molecule has 120 valence electrons. The highest BCUT2D eigenvalue weighted by molar-refractivity contribution is 6.33. The lowest BCUT2D eigenvalue weighted by atomic mass is 9.94. The summed E-state index contributed by atoms with van der Waals surface area (Å²) in [5, 5.41) is 3.55. The summed E-state index contributed by atoms with van der Waals surface area (Å²) in [4.78, 5) is 26.3. The number of carbonyl (C=O) groups excluding carboxylic acids is 2. The van der Waals surface area contributed by atoms with Crippen LogP contribution in [0.2, 0.25) is 5.02 Å². The van der Waals surface area contributed by atoms with Crippen molar-refractivity contribution in [3.05, 3.63) is 34.9 Å². The molecule has 1 fully saturated rings. The topological polar surface area (TPSA) is 49.4 Å². The zero-order chi connectivity index (χ0) is 16.3. The van der Waals surface area contributed by atoms with Gasteiger partial charge in [0.05, 0.1) is 10.6 Å². The van der Waals surface area contributed by atoms with Crippen LogP contribution in [0.15, 0.2) is 24.3 Å². The third-order valence-electron chi connectivity index (χ3n) is 3.90. The molecule has 2 amide bonds. The number of nitrogens with zero attached hydrogens (tertiary/aromatic N) is 1. The van der Waals surface area contributed by atoms with E-state index < -0.39 is 0 Å². The van der Waals surface area contributed by atoms with Crippen LogP contribution in [-0.2, 0) is 4.79 Å². The van der Waals surface area contributed by atoms with Gasteiger partial charge in [-0.3, -0.25) is 9.59 Å². The smallest absolute Gasteiger partial charge is 0.255 e. The summed E-state index contributed by atoms with van der Waals surface area (Å²) >= 11 is 6.08. The van der Waals surface area contributed by atoms with Gasteiger partial charge in [0, 0.05) is 24.5 Å². The molecule has 1 N–H and O–H groups in total. The van der Waals surface area contributed by atoms with Gasteiger partial charge in [0.1, 0.15) is 0 Å². The molecule has 1 aliphatic rings. The van der Waals surface area contributed by atoms with Gasteiger partial charge < -0.3 is 10.2 Å². The van der Waals surface area contributed by atoms with Crippen LogP contribution in [0.1, 0.15) is 44.0 Å². The van der Waals surface area contributed by atoms with Gasteiger partial charge >= 0.3 is 0 Å². The normalized spacial score (nSPS) is 16.5. The van der Waals surface area contributed by atoms with E-state index >= 15 is 0 Å². The van der Waals surface area contributed by atoms with Crippen molar-refractivity contribution in [2.45, 2.75) is 39.7 Å². The fourth-order valence-electron chi connectivity index (χ4n) is 2.43. The van der Waals surface area contributed by atoms with Gasteiger partial charge in [-0.25, -0.2) is 0 Å². The number of rotatable bonds is 2. The lowest BCUT2D eigenvalue weighted by Crippen LogP contribution is -2.49. The summed E-state index contributed by atoms with van der Waals surface area (Å²) in [7, 11) is 0. The minimum Gasteiger partial charge on any atom is -0.353 e. The van der Waals surface area contributed by atoms with Crippen molar-refractivity contribution in [2.75, 3.05) is 13.1 Å². The molecule has 5 heteroatoms. The van der Waals surface area contributed by atoms with Gasteiger partial charge in [-0.2, -0.15) is 0 Å². The quantitative estimate of drug-likeness (QED) is 0.909. The molecule has 1 aromatic rings. The van der Waals surface area contributed by atoms with E-state index in [4.69, 9.17) is 11.6 Å². The summed E-state index contributed by atoms with van der Waals surface area (Å²) in [6, 6.07) is 7.24. The Balaban J connectivity index is 1.91. The number of halogens is 1. The van der Waals surface area contributed by atoms with E-state index in [-0.39, 0.29) is 23.3 Å². The van der Waals surface area contributed by atoms with Gasteiger partial charge in [0.2, 0.25) is 5.91 Å². The number of benzene rings is 1. The zero-order valence-electron chi connectivity index (χ0n) is 13.4. The first-order chi connectivity index (χ1) is 10.3. The Kier molecular flexibility index (Phi) is 5.12. The number of hydrogen-bond acceptors (Lipinski definition) is 2. The van der Waals surface area contributed by atoms with Gasteiger partial charge in [-0.05, 0) is 25.0 Å². The van der Waals surface area contributed by atoms with Crippen molar-refractivity contribution >= 4 is 23.4 Å². The molecule has 1 aliphatic heterocycles. The molecule has 0 saturated carbocycles. The average Bonchev–Trinajstić information content (AvgIpc) is 2.47. The standard InChI is InChI=1S/C17H23ClN2O2/c1-17(2,3)16(22)19-12-8-10-20(11-9-12)15(21)13-6-4-5-7-14(13)18/h4-7,12H,8-11H2,1-3H3,(H,19,22). The molecule has 0 aliphatic carbocycles. The van der Waals surface area contributed by atoms with Crippen molar-refractivity contribution in [3.8, 4) is 0 Å². The minimum absolute atomic E-state index is 0.0359. The molecule has 0 aromatic heterocycles. The molecule has 0 radical (unpaired) electrons. The minimum atomic E-state index is -0.384. The Morgan fingerprint density at radius 1 is 1.18 bits per heavy atom. The second kappa shape index (κ2) is 6.69. The Hall–Kier alpha value is -1.55. The maximum Gasteiger partial charge on any atom is 0.255 e. The van der Waals surface area contributed by atoms with Gasteiger partial charge in [-0.15, -0.1) is 0 Å². The summed E-state index contributed by atoms with van der Waals surface area (Å²) in [5.74, 6) is 0.0228. The third kappa shape index (κ3) is 4.01. The highest BCUT2D eigenvalue weighted by Crippen LogP contribution is 2.21. The summed E-state index contributed by atoms with van der Waals surface area (Å²) in [6.45, 7) is 6.98. The summed E-state index contributed by atoms with van der Waals surface area (Å²) in [6.07, 6.45) is 1.55. The molecular formula is C17H23ClN2O2. The SMILES string of the molecule is CC(C)(C)C(=O)NC1CCN(C(=O)c2ccccc2Cl)CC1. The van der Waals surface area contributed by atoms with Crippen LogP contribution in [0.3, 0.4) is 0 Å². The summed E-state index contributed by atoms with van der Waals surface area (Å²) < 4.78 is 0. The average molecular weight is 323 g/mol. The number of likely N-dealkylation sites (tertiary alicyclic amines) is 1. The lowest BCUT2D eigenvalue weighted by molar-refractivity contribution is -0.129. The van der Waals surface area contributed by atoms with Crippen LogP contribution in [0.4, 0.5) is 0 Å². The second-order valence-corrected chi connectivity index (χ2v) is 7.18. The molecule has 1 heterocycles. The van der Waals surface area contributed by atoms with E-state index in [0.29, 0.717) is 23.7 Å². The van der Waals surface area contributed by atoms with Crippen LogP contribution >= 0.6 is 11.6 Å². The predicted octanol–water partition coefficient (Wildman–Crippen LogP) is 3.11. The number of carbonyl (C=O) groups is 2. The Morgan fingerprint density at radius 3 is 2.32 bits per heavy atom. The molecule has 0 bridgehead atoms. The van der Waals surface area contributed by atoms with Gasteiger partial charge in [0.15, 0.2) is 0 Å². The Bertz CT molecular complexity index is 558. The molecule has 1 aromatic carbocycles. The first-order valence-electron chi connectivity index (χ1n) is 7.64. The van der Waals surface area contributed by atoms with Crippen molar-refractivity contribution in [1.82, 2.24) is 10.2 Å². The van der Waals surface area contributed by atoms with E-state index in [1.807, 2.05) is 32.9 Å². The van der Waals surface area contributed by atoms with E-state index in [1.54, 1.807) is 17.0 Å². The van der Waals surface area contributed by atoms with Crippen LogP contribution < -0.4 is 5.32 Å². The molecule has 4 nitrogen and oxygen atoms in total. The van der Waals surface area contributed by atoms with Gasteiger partial charge in [0.25, 0.3) is 5.91 Å². The predicted molar refractivity (Wildman–Crippen MR) is 88.0 cm³/mol. The number of hydrogen-bond donors (Lipinski definition) is 1. The Labute approximate surface area is 136 Å². The van der Waals surface area contributed by atoms with E-state index in [1.165, 1.54) is 0 Å². The van der Waals surface area contributed by atoms with E-state index in [0.717, 1.165) is 12.8 Å². The molecule has 0 unspecified atom stereocenters. The monoisotopic (exact) mass is 322 g/mol. The first kappa shape index (κ1) is 16.8. The number of nitrogens with one attached hydrogen (secondary N) is 1. The van der Waals surface area contributed by atoms with Crippen molar-refractivity contribution in [2.24, 2.45) is 5.41 Å². The maximum absolute atomic E-state index is 12.5. The van der Waals surface area contributed by atoms with Crippen LogP contribution in [0.5, 0.6) is 0 Å². The Morgan fingerprint density at radius 2 is 1.77 bits per heavy atom. The zero-order valence-corrected chi connectivity index (χ0v) is 14.1. The number of amides is 2. The fraction of sp³-hybridized carbons (Fsp3) is 0.529. The van der Waals surface area contributed by atoms with E-state index in [9.17, 15) is 9.59 Å². The highest BCUT2D eigenvalue weighted by atomic mass is 35.5. The highest BCUT2D eigenvalue weighted by Gasteiger charge is 2.28. The van der Waals surface area contributed by atoms with Crippen LogP contribution in [0, 0.1) is 5.41 Å². The van der Waals surface area contributed by atoms with Crippen LogP contribution in [0.25, 0.3) is 0 Å². The van der Waals surface area contributed by atoms with Gasteiger partial charge in [-0.1, -0.05) is 44.5 Å². The first-order valence-corrected chi connectivity index (χ1v) is 8.01. The number of piperidine rings is 1. The summed E-state index contributed by atoms with van der Waals surface area (Å²) in [5.41, 5.74) is 0.159. The molecule has 2 rings (SSSR count).